The van der Waals surface area contributed by atoms with E-state index in [9.17, 15) is 31.5 Å². The minimum atomic E-state index is -4.64. The van der Waals surface area contributed by atoms with E-state index in [1.165, 1.54) is 14.0 Å². The van der Waals surface area contributed by atoms with Crippen molar-refractivity contribution in [1.29, 1.82) is 0 Å². The number of rotatable bonds is 3. The third-order valence-electron chi connectivity index (χ3n) is 4.36. The molecule has 0 bridgehead atoms. The van der Waals surface area contributed by atoms with Gasteiger partial charge in [0.25, 0.3) is 5.91 Å². The first-order valence-corrected chi connectivity index (χ1v) is 8.34. The molecule has 11 heteroatoms. The van der Waals surface area contributed by atoms with Crippen LogP contribution in [-0.4, -0.2) is 29.9 Å². The number of likely N-dealkylation sites (N-methyl/N-ethyl adjacent to an activating group) is 1. The van der Waals surface area contributed by atoms with Gasteiger partial charge >= 0.3 is 6.18 Å². The summed E-state index contributed by atoms with van der Waals surface area (Å²) < 4.78 is 65.9. The van der Waals surface area contributed by atoms with Crippen molar-refractivity contribution >= 4 is 23.3 Å². The van der Waals surface area contributed by atoms with Gasteiger partial charge in [0.2, 0.25) is 5.91 Å². The number of alkyl halides is 3. The van der Waals surface area contributed by atoms with Crippen LogP contribution in [0.2, 0.25) is 0 Å². The summed E-state index contributed by atoms with van der Waals surface area (Å²) in [7, 11) is 1.28. The van der Waals surface area contributed by atoms with E-state index in [1.807, 2.05) is 0 Å². The Bertz CT molecular complexity index is 979. The average molecular weight is 414 g/mol. The van der Waals surface area contributed by atoms with Crippen LogP contribution in [0.3, 0.4) is 0 Å². The number of hydrazine groups is 1. The second-order valence-electron chi connectivity index (χ2n) is 6.47. The predicted molar refractivity (Wildman–Crippen MR) is 92.8 cm³/mol. The molecule has 1 aliphatic heterocycles. The molecule has 6 nitrogen and oxygen atoms in total. The summed E-state index contributed by atoms with van der Waals surface area (Å²) in [5.41, 5.74) is 1.39. The van der Waals surface area contributed by atoms with Crippen LogP contribution in [-0.2, 0) is 15.8 Å². The van der Waals surface area contributed by atoms with Gasteiger partial charge in [-0.25, -0.2) is 13.8 Å². The van der Waals surface area contributed by atoms with Crippen LogP contribution < -0.4 is 15.3 Å². The molecule has 154 valence electrons. The number of carbonyl (C=O) groups excluding carboxylic acids is 2. The summed E-state index contributed by atoms with van der Waals surface area (Å²) in [6.07, 6.45) is -4.99. The van der Waals surface area contributed by atoms with Gasteiger partial charge in [-0.15, -0.1) is 0 Å². The van der Waals surface area contributed by atoms with Crippen LogP contribution in [0.15, 0.2) is 30.3 Å². The highest BCUT2D eigenvalue weighted by Gasteiger charge is 2.40. The summed E-state index contributed by atoms with van der Waals surface area (Å²) in [4.78, 5) is 29.7. The molecular formula is C18H15F5N4O2. The zero-order chi connectivity index (χ0) is 21.5. The second kappa shape index (κ2) is 7.30. The first-order valence-electron chi connectivity index (χ1n) is 8.34. The van der Waals surface area contributed by atoms with Crippen LogP contribution in [0, 0.1) is 18.6 Å². The van der Waals surface area contributed by atoms with Crippen LogP contribution in [0.1, 0.15) is 17.7 Å². The Labute approximate surface area is 161 Å². The molecule has 1 atom stereocenters. The number of pyridine rings is 1. The molecule has 1 N–H and O–H groups in total. The first kappa shape index (κ1) is 20.5. The van der Waals surface area contributed by atoms with Crippen LogP contribution in [0.25, 0.3) is 0 Å². The Kier molecular flexibility index (Phi) is 5.16. The number of benzene rings is 1. The molecule has 1 aromatic carbocycles. The van der Waals surface area contributed by atoms with Crippen LogP contribution in [0.5, 0.6) is 0 Å². The van der Waals surface area contributed by atoms with E-state index >= 15 is 0 Å². The monoisotopic (exact) mass is 414 g/mol. The standard InChI is InChI=1S/C18H15F5N4O2/c1-9-5-10(18(21,22)23)6-15(24-9)27-14(8-16(28)25-27)17(29)26(2)11-3-4-12(19)13(20)7-11/h3-7,14H,8H2,1-2H3,(H,25,28). The number of amides is 2. The quantitative estimate of drug-likeness (QED) is 0.785. The van der Waals surface area contributed by atoms with Crippen molar-refractivity contribution in [2.75, 3.05) is 17.0 Å². The molecule has 2 aromatic rings. The van der Waals surface area contributed by atoms with Crippen molar-refractivity contribution < 1.29 is 31.5 Å². The third kappa shape index (κ3) is 4.13. The number of halogens is 5. The van der Waals surface area contributed by atoms with Gasteiger partial charge in [-0.1, -0.05) is 0 Å². The van der Waals surface area contributed by atoms with Crippen molar-refractivity contribution in [3.8, 4) is 0 Å². The van der Waals surface area contributed by atoms with Gasteiger partial charge in [-0.2, -0.15) is 13.2 Å². The number of hydrogen-bond donors (Lipinski definition) is 1. The van der Waals surface area contributed by atoms with Gasteiger partial charge in [0.15, 0.2) is 11.6 Å². The van der Waals surface area contributed by atoms with Gasteiger partial charge in [-0.3, -0.25) is 20.0 Å². The average Bonchev–Trinajstić information content (AvgIpc) is 3.03. The van der Waals surface area contributed by atoms with Crippen molar-refractivity contribution in [3.05, 3.63) is 53.2 Å². The lowest BCUT2D eigenvalue weighted by Gasteiger charge is -2.28. The summed E-state index contributed by atoms with van der Waals surface area (Å²) in [6.45, 7) is 1.35. The van der Waals surface area contributed by atoms with Crippen molar-refractivity contribution in [2.24, 2.45) is 0 Å². The number of hydrogen-bond acceptors (Lipinski definition) is 4. The van der Waals surface area contributed by atoms with E-state index in [2.05, 4.69) is 10.4 Å². The van der Waals surface area contributed by atoms with Crippen molar-refractivity contribution in [2.45, 2.75) is 25.6 Å². The Balaban J connectivity index is 1.94. The van der Waals surface area contributed by atoms with E-state index in [0.29, 0.717) is 0 Å². The predicted octanol–water partition coefficient (Wildman–Crippen LogP) is 2.96. The molecule has 29 heavy (non-hydrogen) atoms. The molecule has 0 radical (unpaired) electrons. The lowest BCUT2D eigenvalue weighted by atomic mass is 10.1. The van der Waals surface area contributed by atoms with Gasteiger partial charge in [0, 0.05) is 24.5 Å². The summed E-state index contributed by atoms with van der Waals surface area (Å²) in [5, 5.41) is 0.948. The van der Waals surface area contributed by atoms with E-state index in [0.717, 1.165) is 40.2 Å². The lowest BCUT2D eigenvalue weighted by molar-refractivity contribution is -0.137. The molecule has 1 fully saturated rings. The molecule has 1 aliphatic rings. The molecular weight excluding hydrogens is 399 g/mol. The molecule has 1 unspecified atom stereocenters. The zero-order valence-electron chi connectivity index (χ0n) is 15.2. The van der Waals surface area contributed by atoms with Gasteiger partial charge in [-0.05, 0) is 31.2 Å². The molecule has 1 saturated heterocycles. The highest BCUT2D eigenvalue weighted by Crippen LogP contribution is 2.33. The number of nitrogens with one attached hydrogen (secondary N) is 1. The molecule has 2 amide bonds. The largest absolute Gasteiger partial charge is 0.416 e. The lowest BCUT2D eigenvalue weighted by Crippen LogP contribution is -2.48. The molecule has 2 heterocycles. The summed E-state index contributed by atoms with van der Waals surface area (Å²) >= 11 is 0. The molecule has 3 rings (SSSR count). The first-order chi connectivity index (χ1) is 13.5. The SMILES string of the molecule is Cc1cc(C(F)(F)F)cc(N2NC(=O)CC2C(=O)N(C)c2ccc(F)c(F)c2)n1. The van der Waals surface area contributed by atoms with Gasteiger partial charge in [0.1, 0.15) is 11.9 Å². The maximum Gasteiger partial charge on any atom is 0.416 e. The van der Waals surface area contributed by atoms with Crippen molar-refractivity contribution in [3.63, 3.8) is 0 Å². The van der Waals surface area contributed by atoms with Crippen LogP contribution in [0.4, 0.5) is 33.5 Å². The Hall–Kier alpha value is -3.24. The fourth-order valence-electron chi connectivity index (χ4n) is 2.92. The van der Waals surface area contributed by atoms with E-state index in [4.69, 9.17) is 0 Å². The van der Waals surface area contributed by atoms with Gasteiger partial charge < -0.3 is 4.90 Å². The highest BCUT2D eigenvalue weighted by molar-refractivity contribution is 6.03. The number of aryl methyl sites for hydroxylation is 1. The topological polar surface area (TPSA) is 65.5 Å². The number of aromatic nitrogens is 1. The minimum absolute atomic E-state index is 0.0152. The number of nitrogens with zero attached hydrogens (tertiary/aromatic N) is 3. The van der Waals surface area contributed by atoms with E-state index in [1.54, 1.807) is 0 Å². The second-order valence-corrected chi connectivity index (χ2v) is 6.47. The normalized spacial score (nSPS) is 16.7. The van der Waals surface area contributed by atoms with E-state index < -0.39 is 41.2 Å². The third-order valence-corrected chi connectivity index (χ3v) is 4.36. The maximum absolute atomic E-state index is 13.5. The smallest absolute Gasteiger partial charge is 0.314 e. The molecule has 0 aliphatic carbocycles. The fraction of sp³-hybridized carbons (Fsp3) is 0.278. The van der Waals surface area contributed by atoms with Crippen LogP contribution >= 0.6 is 0 Å². The number of carbonyl (C=O) groups is 2. The Morgan fingerprint density at radius 3 is 2.52 bits per heavy atom. The molecule has 0 spiro atoms. The minimum Gasteiger partial charge on any atom is -0.314 e. The van der Waals surface area contributed by atoms with Gasteiger partial charge in [0.05, 0.1) is 12.0 Å². The summed E-state index contributed by atoms with van der Waals surface area (Å²) in [6, 6.07) is 3.13. The highest BCUT2D eigenvalue weighted by atomic mass is 19.4. The summed E-state index contributed by atoms with van der Waals surface area (Å²) in [5.74, 6) is -3.85. The molecule has 1 aromatic heterocycles. The zero-order valence-corrected chi connectivity index (χ0v) is 15.2. The Morgan fingerprint density at radius 1 is 1.21 bits per heavy atom. The van der Waals surface area contributed by atoms with E-state index in [-0.39, 0.29) is 23.6 Å². The van der Waals surface area contributed by atoms with Crippen molar-refractivity contribution in [1.82, 2.24) is 10.4 Å². The Morgan fingerprint density at radius 2 is 1.90 bits per heavy atom. The fourth-order valence-corrected chi connectivity index (χ4v) is 2.92. The molecule has 0 saturated carbocycles. The maximum atomic E-state index is 13.5. The number of anilines is 2.